The van der Waals surface area contributed by atoms with Crippen LogP contribution in [-0.4, -0.2) is 115 Å². The highest BCUT2D eigenvalue weighted by Gasteiger charge is 2.44. The van der Waals surface area contributed by atoms with Gasteiger partial charge in [0.05, 0.1) is 13.2 Å². The summed E-state index contributed by atoms with van der Waals surface area (Å²) in [5, 5.41) is 74.4. The number of carbonyl (C=O) groups is 1. The van der Waals surface area contributed by atoms with Crippen LogP contribution in [0, 0.1) is 0 Å². The van der Waals surface area contributed by atoms with Gasteiger partial charge in [-0.2, -0.15) is 0 Å². The van der Waals surface area contributed by atoms with E-state index in [9.17, 15) is 30.3 Å². The molecule has 1 aliphatic heterocycles. The Morgan fingerprint density at radius 3 is 2.17 bits per heavy atom. The molecule has 11 heteroatoms. The Hall–Kier alpha value is -0.730. The molecule has 0 saturated carbocycles. The molecule has 1 heterocycles. The summed E-state index contributed by atoms with van der Waals surface area (Å²) >= 11 is 0. The largest absolute Gasteiger partial charge is 0.394 e. The predicted octanol–water partition coefficient (Wildman–Crippen LogP) is -5.55. The summed E-state index contributed by atoms with van der Waals surface area (Å²) < 4.78 is 9.85. The number of Topliss-reactive ketones (excluding diaryl/α,β-unsaturated/α-hetero) is 1. The van der Waals surface area contributed by atoms with Crippen molar-refractivity contribution in [2.75, 3.05) is 19.8 Å². The van der Waals surface area contributed by atoms with Gasteiger partial charge in [0.2, 0.25) is 0 Å². The summed E-state index contributed by atoms with van der Waals surface area (Å²) in [6.45, 7) is -2.42. The molecular weight excluding hydrogens is 320 g/mol. The number of hydrogen-bond donors (Lipinski definition) is 8. The Labute approximate surface area is 130 Å². The van der Waals surface area contributed by atoms with Gasteiger partial charge in [0.15, 0.2) is 12.1 Å². The summed E-state index contributed by atoms with van der Waals surface area (Å²) in [4.78, 5) is 11.6. The second-order valence-electron chi connectivity index (χ2n) is 5.16. The highest BCUT2D eigenvalue weighted by Crippen LogP contribution is 2.22. The number of hydrogen-bond acceptors (Lipinski definition) is 11. The first-order chi connectivity index (χ1) is 10.7. The van der Waals surface area contributed by atoms with Crippen LogP contribution >= 0.6 is 0 Å². The number of carbonyl (C=O) groups excluding carboxylic acids is 1. The first kappa shape index (κ1) is 20.3. The second-order valence-corrected chi connectivity index (χ2v) is 5.16. The molecule has 0 aromatic heterocycles. The zero-order valence-electron chi connectivity index (χ0n) is 12.0. The molecule has 1 fully saturated rings. The van der Waals surface area contributed by atoms with Crippen LogP contribution in [0.5, 0.6) is 0 Å². The first-order valence-electron chi connectivity index (χ1n) is 6.84. The molecule has 0 radical (unpaired) electrons. The Morgan fingerprint density at radius 2 is 1.65 bits per heavy atom. The van der Waals surface area contributed by atoms with E-state index in [4.69, 9.17) is 24.8 Å². The highest BCUT2D eigenvalue weighted by molar-refractivity contribution is 5.84. The van der Waals surface area contributed by atoms with Crippen molar-refractivity contribution in [3.05, 3.63) is 0 Å². The lowest BCUT2D eigenvalue weighted by Gasteiger charge is -2.39. The molecule has 23 heavy (non-hydrogen) atoms. The SMILES string of the molecule is O=C(COC1O[C@H](CO)[C@H](O)[C@H](O)[C@H]1O)[C@H](O)[C@H](O)[C@@H](O)CO. The van der Waals surface area contributed by atoms with Gasteiger partial charge < -0.3 is 50.3 Å². The van der Waals surface area contributed by atoms with E-state index in [1.165, 1.54) is 0 Å². The highest BCUT2D eigenvalue weighted by atomic mass is 16.7. The van der Waals surface area contributed by atoms with E-state index in [2.05, 4.69) is 0 Å². The molecule has 0 aromatic carbocycles. The minimum absolute atomic E-state index is 0.678. The van der Waals surface area contributed by atoms with Gasteiger partial charge in [-0.3, -0.25) is 4.79 Å². The average Bonchev–Trinajstić information content (AvgIpc) is 2.56. The summed E-state index contributed by atoms with van der Waals surface area (Å²) in [6, 6.07) is 0. The van der Waals surface area contributed by atoms with Crippen LogP contribution < -0.4 is 0 Å². The van der Waals surface area contributed by atoms with Crippen LogP contribution in [0.15, 0.2) is 0 Å². The molecule has 1 saturated heterocycles. The van der Waals surface area contributed by atoms with Gasteiger partial charge in [0.25, 0.3) is 0 Å². The Bertz CT molecular complexity index is 376. The van der Waals surface area contributed by atoms with Gasteiger partial charge >= 0.3 is 0 Å². The summed E-state index contributed by atoms with van der Waals surface area (Å²) in [6.07, 6.45) is -13.5. The molecule has 1 aliphatic rings. The topological polar surface area (TPSA) is 197 Å². The summed E-state index contributed by atoms with van der Waals surface area (Å²) in [5.41, 5.74) is 0. The van der Waals surface area contributed by atoms with Crippen molar-refractivity contribution in [2.45, 2.75) is 49.0 Å². The molecule has 0 aromatic rings. The van der Waals surface area contributed by atoms with Crippen molar-refractivity contribution in [1.29, 1.82) is 0 Å². The van der Waals surface area contributed by atoms with Crippen molar-refractivity contribution >= 4 is 5.78 Å². The quantitative estimate of drug-likeness (QED) is 0.209. The second kappa shape index (κ2) is 8.94. The smallest absolute Gasteiger partial charge is 0.189 e. The van der Waals surface area contributed by atoms with Crippen LogP contribution in [0.1, 0.15) is 0 Å². The van der Waals surface area contributed by atoms with Gasteiger partial charge in [0.1, 0.15) is 49.3 Å². The lowest BCUT2D eigenvalue weighted by Crippen LogP contribution is -2.59. The third-order valence-electron chi connectivity index (χ3n) is 3.47. The van der Waals surface area contributed by atoms with Gasteiger partial charge in [-0.1, -0.05) is 0 Å². The predicted molar refractivity (Wildman–Crippen MR) is 69.8 cm³/mol. The third-order valence-corrected chi connectivity index (χ3v) is 3.47. The van der Waals surface area contributed by atoms with Crippen molar-refractivity contribution in [2.24, 2.45) is 0 Å². The van der Waals surface area contributed by atoms with E-state index in [1.807, 2.05) is 0 Å². The van der Waals surface area contributed by atoms with Crippen LogP contribution in [-0.2, 0) is 14.3 Å². The molecule has 11 nitrogen and oxygen atoms in total. The molecule has 0 spiro atoms. The maximum absolute atomic E-state index is 11.6. The van der Waals surface area contributed by atoms with Crippen molar-refractivity contribution in [3.63, 3.8) is 0 Å². The van der Waals surface area contributed by atoms with Crippen molar-refractivity contribution < 1.29 is 55.1 Å². The van der Waals surface area contributed by atoms with Gasteiger partial charge in [-0.25, -0.2) is 0 Å². The van der Waals surface area contributed by atoms with E-state index in [1.54, 1.807) is 0 Å². The molecule has 1 rings (SSSR count). The fourth-order valence-electron chi connectivity index (χ4n) is 1.96. The first-order valence-corrected chi connectivity index (χ1v) is 6.84. The standard InChI is InChI=1S/C12H22O11/c13-1-4(15)7(17)8(18)5(16)3-22-12-11(21)10(20)9(19)6(2-14)23-12/h4,6-15,17-21H,1-3H2/t4-,6+,7+,8-,9-,10-,11+,12?/m0/s1. The van der Waals surface area contributed by atoms with Gasteiger partial charge in [-0.05, 0) is 0 Å². The summed E-state index contributed by atoms with van der Waals surface area (Å²) in [5.74, 6) is -1.08. The van der Waals surface area contributed by atoms with E-state index >= 15 is 0 Å². The minimum Gasteiger partial charge on any atom is -0.394 e. The monoisotopic (exact) mass is 342 g/mol. The molecule has 0 aliphatic carbocycles. The van der Waals surface area contributed by atoms with E-state index in [0.29, 0.717) is 0 Å². The molecular formula is C12H22O11. The third kappa shape index (κ3) is 4.87. The van der Waals surface area contributed by atoms with Crippen LogP contribution in [0.4, 0.5) is 0 Å². The van der Waals surface area contributed by atoms with Crippen LogP contribution in [0.25, 0.3) is 0 Å². The molecule has 136 valence electrons. The van der Waals surface area contributed by atoms with Gasteiger partial charge in [-0.15, -0.1) is 0 Å². The van der Waals surface area contributed by atoms with Crippen LogP contribution in [0.2, 0.25) is 0 Å². The zero-order chi connectivity index (χ0) is 17.7. The molecule has 8 N–H and O–H groups in total. The van der Waals surface area contributed by atoms with Crippen molar-refractivity contribution in [1.82, 2.24) is 0 Å². The Morgan fingerprint density at radius 1 is 1.04 bits per heavy atom. The number of ether oxygens (including phenoxy) is 2. The maximum Gasteiger partial charge on any atom is 0.189 e. The normalized spacial score (nSPS) is 35.6. The fourth-order valence-corrected chi connectivity index (χ4v) is 1.96. The lowest BCUT2D eigenvalue weighted by atomic mass is 9.99. The number of rotatable bonds is 8. The minimum atomic E-state index is -2.05. The number of ketones is 1. The Kier molecular flexibility index (Phi) is 7.89. The Balaban J connectivity index is 2.57. The number of aliphatic hydroxyl groups excluding tert-OH is 8. The van der Waals surface area contributed by atoms with E-state index < -0.39 is 74.6 Å². The average molecular weight is 342 g/mol. The van der Waals surface area contributed by atoms with E-state index in [-0.39, 0.29) is 0 Å². The van der Waals surface area contributed by atoms with E-state index in [0.717, 1.165) is 0 Å². The number of aliphatic hydroxyl groups is 8. The lowest BCUT2D eigenvalue weighted by molar-refractivity contribution is -0.299. The maximum atomic E-state index is 11.6. The molecule has 1 unspecified atom stereocenters. The fraction of sp³-hybridized carbons (Fsp3) is 0.917. The molecule has 0 amide bonds. The molecule has 8 atom stereocenters. The van der Waals surface area contributed by atoms with Crippen molar-refractivity contribution in [3.8, 4) is 0 Å². The summed E-state index contributed by atoms with van der Waals surface area (Å²) in [7, 11) is 0. The molecule has 0 bridgehead atoms. The van der Waals surface area contributed by atoms with Gasteiger partial charge in [0, 0.05) is 0 Å². The van der Waals surface area contributed by atoms with Crippen LogP contribution in [0.3, 0.4) is 0 Å². The zero-order valence-corrected chi connectivity index (χ0v) is 12.0.